The van der Waals surface area contributed by atoms with Gasteiger partial charge in [-0.25, -0.2) is 15.0 Å². The van der Waals surface area contributed by atoms with Crippen LogP contribution < -0.4 is 4.90 Å². The molecule has 0 bridgehead atoms. The molecule has 0 aliphatic heterocycles. The third-order valence-corrected chi connectivity index (χ3v) is 4.78. The molecule has 7 heteroatoms. The molecule has 2 aromatic heterocycles. The Hall–Kier alpha value is -2.38. The van der Waals surface area contributed by atoms with Crippen molar-refractivity contribution in [2.45, 2.75) is 39.4 Å². The van der Waals surface area contributed by atoms with Crippen molar-refractivity contribution in [3.63, 3.8) is 0 Å². The van der Waals surface area contributed by atoms with E-state index in [1.54, 1.807) is 12.4 Å². The number of anilines is 2. The Kier molecular flexibility index (Phi) is 5.58. The summed E-state index contributed by atoms with van der Waals surface area (Å²) in [6.07, 6.45) is 5.45. The maximum atomic E-state index is 6.12. The van der Waals surface area contributed by atoms with Crippen LogP contribution in [0.2, 0.25) is 19.6 Å². The van der Waals surface area contributed by atoms with Crippen LogP contribution >= 0.6 is 0 Å². The van der Waals surface area contributed by atoms with Crippen LogP contribution in [0.25, 0.3) is 11.2 Å². The lowest BCUT2D eigenvalue weighted by Gasteiger charge is -2.27. The third-order valence-electron chi connectivity index (χ3n) is 3.78. The van der Waals surface area contributed by atoms with Gasteiger partial charge in [0.15, 0.2) is 14.0 Å². The van der Waals surface area contributed by atoms with Crippen molar-refractivity contribution in [1.29, 1.82) is 0 Å². The largest absolute Gasteiger partial charge is 0.400 e. The van der Waals surface area contributed by atoms with E-state index in [4.69, 9.17) is 4.43 Å². The molecule has 136 valence electrons. The van der Waals surface area contributed by atoms with E-state index in [1.165, 1.54) is 0 Å². The first-order valence-electron chi connectivity index (χ1n) is 8.91. The molecule has 0 atom stereocenters. The number of nitrogens with zero attached hydrogens (tertiary/aromatic N) is 5. The second-order valence-electron chi connectivity index (χ2n) is 7.14. The molecule has 0 aliphatic rings. The van der Waals surface area contributed by atoms with Crippen LogP contribution in [0.4, 0.5) is 11.6 Å². The minimum Gasteiger partial charge on any atom is -0.400 e. The third kappa shape index (κ3) is 4.62. The molecule has 26 heavy (non-hydrogen) atoms. The average molecular weight is 368 g/mol. The Balaban J connectivity index is 1.99. The van der Waals surface area contributed by atoms with Gasteiger partial charge in [0.2, 0.25) is 5.95 Å². The first kappa shape index (κ1) is 18.4. The van der Waals surface area contributed by atoms with Crippen molar-refractivity contribution < 1.29 is 4.43 Å². The summed E-state index contributed by atoms with van der Waals surface area (Å²) in [5.74, 6) is 0.574. The molecule has 0 saturated heterocycles. The maximum Gasteiger partial charge on any atom is 0.233 e. The second kappa shape index (κ2) is 7.88. The van der Waals surface area contributed by atoms with E-state index in [-0.39, 0.29) is 0 Å². The zero-order valence-corrected chi connectivity index (χ0v) is 16.8. The van der Waals surface area contributed by atoms with Crippen molar-refractivity contribution in [2.75, 3.05) is 11.6 Å². The molecule has 1 aromatic carbocycles. The Labute approximate surface area is 155 Å². The van der Waals surface area contributed by atoms with Gasteiger partial charge in [0.1, 0.15) is 12.2 Å². The first-order chi connectivity index (χ1) is 12.5. The highest BCUT2D eigenvalue weighted by molar-refractivity contribution is 6.69. The first-order valence-corrected chi connectivity index (χ1v) is 12.3. The SMILES string of the molecule is CCCc1cnc2cnc(N(CO[Si](C)(C)C)c3ccccc3)nc2n1. The second-order valence-corrected chi connectivity index (χ2v) is 11.7. The Morgan fingerprint density at radius 3 is 2.46 bits per heavy atom. The average Bonchev–Trinajstić information content (AvgIpc) is 2.62. The highest BCUT2D eigenvalue weighted by atomic mass is 28.4. The highest BCUT2D eigenvalue weighted by Gasteiger charge is 2.19. The molecule has 0 N–H and O–H groups in total. The van der Waals surface area contributed by atoms with Crippen LogP contribution in [0, 0.1) is 0 Å². The summed E-state index contributed by atoms with van der Waals surface area (Å²) in [7, 11) is -1.68. The molecule has 0 radical (unpaired) electrons. The van der Waals surface area contributed by atoms with Gasteiger partial charge in [-0.2, -0.15) is 4.98 Å². The highest BCUT2D eigenvalue weighted by Crippen LogP contribution is 2.23. The van der Waals surface area contributed by atoms with E-state index in [1.807, 2.05) is 35.2 Å². The number of para-hydroxylation sites is 1. The van der Waals surface area contributed by atoms with Gasteiger partial charge in [-0.05, 0) is 38.2 Å². The van der Waals surface area contributed by atoms with E-state index >= 15 is 0 Å². The van der Waals surface area contributed by atoms with Crippen molar-refractivity contribution in [1.82, 2.24) is 19.9 Å². The van der Waals surface area contributed by atoms with Gasteiger partial charge in [0.25, 0.3) is 0 Å². The predicted molar refractivity (Wildman–Crippen MR) is 107 cm³/mol. The van der Waals surface area contributed by atoms with Gasteiger partial charge in [-0.1, -0.05) is 31.5 Å². The quantitative estimate of drug-likeness (QED) is 0.458. The molecule has 2 heterocycles. The summed E-state index contributed by atoms with van der Waals surface area (Å²) in [6.45, 7) is 9.04. The Morgan fingerprint density at radius 2 is 1.77 bits per heavy atom. The zero-order chi connectivity index (χ0) is 18.6. The molecule has 0 saturated carbocycles. The predicted octanol–water partition coefficient (Wildman–Crippen LogP) is 4.32. The molecule has 0 aliphatic carbocycles. The summed E-state index contributed by atoms with van der Waals surface area (Å²) in [5.41, 5.74) is 3.26. The normalized spacial score (nSPS) is 11.7. The van der Waals surface area contributed by atoms with Crippen molar-refractivity contribution in [2.24, 2.45) is 0 Å². The molecule has 0 fully saturated rings. The fourth-order valence-electron chi connectivity index (χ4n) is 2.46. The van der Waals surface area contributed by atoms with E-state index in [2.05, 4.69) is 46.5 Å². The number of fused-ring (bicyclic) bond motifs is 1. The number of benzene rings is 1. The standard InChI is InChI=1S/C19H25N5OSi/c1-5-9-15-12-20-17-13-21-19(23-18(17)22-15)24(14-25-26(2,3)4)16-10-7-6-8-11-16/h6-8,10-13H,5,9,14H2,1-4H3. The maximum absolute atomic E-state index is 6.12. The number of rotatable bonds is 7. The fraction of sp³-hybridized carbons (Fsp3) is 0.368. The molecule has 3 rings (SSSR count). The number of hydrogen-bond acceptors (Lipinski definition) is 6. The van der Waals surface area contributed by atoms with E-state index in [0.29, 0.717) is 23.8 Å². The summed E-state index contributed by atoms with van der Waals surface area (Å²) >= 11 is 0. The molecule has 6 nitrogen and oxygen atoms in total. The zero-order valence-electron chi connectivity index (χ0n) is 15.8. The summed E-state index contributed by atoms with van der Waals surface area (Å²) in [6, 6.07) is 10.0. The minimum atomic E-state index is -1.68. The van der Waals surface area contributed by atoms with E-state index < -0.39 is 8.32 Å². The van der Waals surface area contributed by atoms with Gasteiger partial charge in [0.05, 0.1) is 11.9 Å². The molecule has 0 amide bonds. The van der Waals surface area contributed by atoms with Crippen LogP contribution in [0.1, 0.15) is 19.0 Å². The molecular formula is C19H25N5OSi. The van der Waals surface area contributed by atoms with Gasteiger partial charge in [-0.15, -0.1) is 0 Å². The lowest BCUT2D eigenvalue weighted by Crippen LogP contribution is -2.33. The molecule has 0 spiro atoms. The number of hydrogen-bond donors (Lipinski definition) is 0. The van der Waals surface area contributed by atoms with Crippen molar-refractivity contribution >= 4 is 31.1 Å². The van der Waals surface area contributed by atoms with Crippen LogP contribution in [0.3, 0.4) is 0 Å². The topological polar surface area (TPSA) is 64.0 Å². The van der Waals surface area contributed by atoms with Crippen LogP contribution in [0.5, 0.6) is 0 Å². The smallest absolute Gasteiger partial charge is 0.233 e. The number of aromatic nitrogens is 4. The summed E-state index contributed by atoms with van der Waals surface area (Å²) < 4.78 is 6.12. The monoisotopic (exact) mass is 367 g/mol. The summed E-state index contributed by atoms with van der Waals surface area (Å²) in [4.78, 5) is 20.2. The lowest BCUT2D eigenvalue weighted by atomic mass is 10.2. The fourth-order valence-corrected chi connectivity index (χ4v) is 2.98. The molecule has 0 unspecified atom stereocenters. The van der Waals surface area contributed by atoms with E-state index in [9.17, 15) is 0 Å². The van der Waals surface area contributed by atoms with Crippen molar-refractivity contribution in [3.8, 4) is 0 Å². The van der Waals surface area contributed by atoms with Crippen molar-refractivity contribution in [3.05, 3.63) is 48.4 Å². The lowest BCUT2D eigenvalue weighted by molar-refractivity contribution is 0.319. The number of aryl methyl sites for hydroxylation is 1. The summed E-state index contributed by atoms with van der Waals surface area (Å²) in [5, 5.41) is 0. The van der Waals surface area contributed by atoms with Gasteiger partial charge >= 0.3 is 0 Å². The van der Waals surface area contributed by atoms with Crippen LogP contribution in [-0.2, 0) is 10.8 Å². The van der Waals surface area contributed by atoms with Crippen LogP contribution in [-0.4, -0.2) is 35.0 Å². The van der Waals surface area contributed by atoms with Gasteiger partial charge in [0, 0.05) is 11.9 Å². The Bertz CT molecular complexity index is 867. The molecule has 3 aromatic rings. The van der Waals surface area contributed by atoms with Crippen LogP contribution in [0.15, 0.2) is 42.7 Å². The Morgan fingerprint density at radius 1 is 1.00 bits per heavy atom. The van der Waals surface area contributed by atoms with Gasteiger partial charge in [-0.3, -0.25) is 4.90 Å². The van der Waals surface area contributed by atoms with Gasteiger partial charge < -0.3 is 4.43 Å². The van der Waals surface area contributed by atoms with E-state index in [0.717, 1.165) is 24.2 Å². The minimum absolute atomic E-state index is 0.410. The molecular weight excluding hydrogens is 342 g/mol.